The predicted molar refractivity (Wildman–Crippen MR) is 60.2 cm³/mol. The standard InChI is InChI=1S/C12H13F2N3/c1-17-5-4-16-12(17)7-11(15)8-2-3-9(13)10(14)6-8/h2-6,11H,7,15H2,1H3. The van der Waals surface area contributed by atoms with Gasteiger partial charge in [0.05, 0.1) is 0 Å². The first-order chi connectivity index (χ1) is 8.08. The molecule has 17 heavy (non-hydrogen) atoms. The van der Waals surface area contributed by atoms with Gasteiger partial charge >= 0.3 is 0 Å². The Morgan fingerprint density at radius 3 is 2.71 bits per heavy atom. The summed E-state index contributed by atoms with van der Waals surface area (Å²) >= 11 is 0. The second kappa shape index (κ2) is 4.63. The van der Waals surface area contributed by atoms with E-state index in [4.69, 9.17) is 5.73 Å². The van der Waals surface area contributed by atoms with Crippen molar-refractivity contribution in [1.82, 2.24) is 9.55 Å². The molecular weight excluding hydrogens is 224 g/mol. The second-order valence-corrected chi connectivity index (χ2v) is 3.94. The minimum atomic E-state index is -0.877. The Bertz CT molecular complexity index is 522. The third kappa shape index (κ3) is 2.50. The van der Waals surface area contributed by atoms with Crippen molar-refractivity contribution >= 4 is 0 Å². The lowest BCUT2D eigenvalue weighted by Crippen LogP contribution is -2.16. The number of hydrogen-bond donors (Lipinski definition) is 1. The van der Waals surface area contributed by atoms with Gasteiger partial charge in [-0.25, -0.2) is 13.8 Å². The normalized spacial score (nSPS) is 12.7. The van der Waals surface area contributed by atoms with Gasteiger partial charge in [0.15, 0.2) is 11.6 Å². The van der Waals surface area contributed by atoms with E-state index in [0.29, 0.717) is 12.0 Å². The van der Waals surface area contributed by atoms with Crippen LogP contribution in [0.25, 0.3) is 0 Å². The van der Waals surface area contributed by atoms with Crippen molar-refractivity contribution in [3.8, 4) is 0 Å². The Morgan fingerprint density at radius 2 is 2.12 bits per heavy atom. The highest BCUT2D eigenvalue weighted by Gasteiger charge is 2.12. The molecule has 0 saturated carbocycles. The molecule has 0 saturated heterocycles. The maximum atomic E-state index is 13.0. The molecule has 0 amide bonds. The average Bonchev–Trinajstić information content (AvgIpc) is 2.68. The van der Waals surface area contributed by atoms with E-state index in [0.717, 1.165) is 18.0 Å². The largest absolute Gasteiger partial charge is 0.338 e. The number of rotatable bonds is 3. The first-order valence-corrected chi connectivity index (χ1v) is 5.24. The number of imidazole rings is 1. The van der Waals surface area contributed by atoms with Gasteiger partial charge in [0.25, 0.3) is 0 Å². The van der Waals surface area contributed by atoms with E-state index < -0.39 is 17.7 Å². The molecule has 0 fully saturated rings. The SMILES string of the molecule is Cn1ccnc1CC(N)c1ccc(F)c(F)c1. The molecule has 0 radical (unpaired) electrons. The third-order valence-electron chi connectivity index (χ3n) is 2.70. The Balaban J connectivity index is 2.17. The Morgan fingerprint density at radius 1 is 1.35 bits per heavy atom. The van der Waals surface area contributed by atoms with E-state index in [9.17, 15) is 8.78 Å². The molecular formula is C12H13F2N3. The fourth-order valence-corrected chi connectivity index (χ4v) is 1.65. The number of halogens is 2. The van der Waals surface area contributed by atoms with Crippen LogP contribution >= 0.6 is 0 Å². The van der Waals surface area contributed by atoms with Gasteiger partial charge in [-0.1, -0.05) is 6.07 Å². The Hall–Kier alpha value is -1.75. The molecule has 0 aliphatic carbocycles. The van der Waals surface area contributed by atoms with Crippen LogP contribution in [0.5, 0.6) is 0 Å². The molecule has 0 aliphatic heterocycles. The number of hydrogen-bond acceptors (Lipinski definition) is 2. The van der Waals surface area contributed by atoms with Gasteiger partial charge in [-0.15, -0.1) is 0 Å². The number of nitrogens with zero attached hydrogens (tertiary/aromatic N) is 2. The van der Waals surface area contributed by atoms with Gasteiger partial charge in [0.2, 0.25) is 0 Å². The molecule has 0 bridgehead atoms. The summed E-state index contributed by atoms with van der Waals surface area (Å²) in [5.41, 5.74) is 6.49. The summed E-state index contributed by atoms with van der Waals surface area (Å²) in [5.74, 6) is -0.932. The average molecular weight is 237 g/mol. The molecule has 1 atom stereocenters. The van der Waals surface area contributed by atoms with Crippen LogP contribution in [-0.2, 0) is 13.5 Å². The molecule has 90 valence electrons. The van der Waals surface area contributed by atoms with Crippen LogP contribution in [0.4, 0.5) is 8.78 Å². The fourth-order valence-electron chi connectivity index (χ4n) is 1.65. The molecule has 5 heteroatoms. The van der Waals surface area contributed by atoms with Gasteiger partial charge in [0.1, 0.15) is 5.82 Å². The summed E-state index contributed by atoms with van der Waals surface area (Å²) in [7, 11) is 1.86. The van der Waals surface area contributed by atoms with Gasteiger partial charge < -0.3 is 10.3 Å². The monoisotopic (exact) mass is 237 g/mol. The number of benzene rings is 1. The maximum Gasteiger partial charge on any atom is 0.159 e. The minimum absolute atomic E-state index is 0.397. The summed E-state index contributed by atoms with van der Waals surface area (Å²) in [6.07, 6.45) is 3.97. The van der Waals surface area contributed by atoms with E-state index in [2.05, 4.69) is 4.98 Å². The van der Waals surface area contributed by atoms with E-state index in [-0.39, 0.29) is 0 Å². The fraction of sp³-hybridized carbons (Fsp3) is 0.250. The van der Waals surface area contributed by atoms with E-state index >= 15 is 0 Å². The Labute approximate surface area is 97.9 Å². The first kappa shape index (κ1) is 11.7. The summed E-state index contributed by atoms with van der Waals surface area (Å²) in [6, 6.07) is 3.31. The number of aromatic nitrogens is 2. The van der Waals surface area contributed by atoms with Crippen LogP contribution in [0.2, 0.25) is 0 Å². The van der Waals surface area contributed by atoms with Gasteiger partial charge in [-0.2, -0.15) is 0 Å². The Kier molecular flexibility index (Phi) is 3.19. The molecule has 2 aromatic rings. The quantitative estimate of drug-likeness (QED) is 0.886. The molecule has 1 heterocycles. The van der Waals surface area contributed by atoms with Gasteiger partial charge in [-0.05, 0) is 17.7 Å². The zero-order valence-corrected chi connectivity index (χ0v) is 9.40. The molecule has 1 unspecified atom stereocenters. The highest BCUT2D eigenvalue weighted by molar-refractivity contribution is 5.22. The second-order valence-electron chi connectivity index (χ2n) is 3.94. The summed E-state index contributed by atoms with van der Waals surface area (Å²) in [4.78, 5) is 4.14. The van der Waals surface area contributed by atoms with Gasteiger partial charge in [0, 0.05) is 31.9 Å². The number of aryl methyl sites for hydroxylation is 1. The lowest BCUT2D eigenvalue weighted by molar-refractivity contribution is 0.504. The van der Waals surface area contributed by atoms with Crippen molar-refractivity contribution in [2.75, 3.05) is 0 Å². The van der Waals surface area contributed by atoms with E-state index in [1.54, 1.807) is 6.20 Å². The van der Waals surface area contributed by atoms with Crippen LogP contribution in [-0.4, -0.2) is 9.55 Å². The van der Waals surface area contributed by atoms with Crippen LogP contribution in [0, 0.1) is 11.6 Å². The van der Waals surface area contributed by atoms with Crippen molar-refractivity contribution in [3.63, 3.8) is 0 Å². The van der Waals surface area contributed by atoms with Crippen molar-refractivity contribution in [3.05, 3.63) is 53.6 Å². The molecule has 1 aromatic carbocycles. The smallest absolute Gasteiger partial charge is 0.159 e. The molecule has 2 rings (SSSR count). The topological polar surface area (TPSA) is 43.8 Å². The molecule has 0 aliphatic rings. The zero-order valence-electron chi connectivity index (χ0n) is 9.40. The highest BCUT2D eigenvalue weighted by Crippen LogP contribution is 2.17. The van der Waals surface area contributed by atoms with Gasteiger partial charge in [-0.3, -0.25) is 0 Å². The van der Waals surface area contributed by atoms with Crippen LogP contribution in [0.1, 0.15) is 17.4 Å². The van der Waals surface area contributed by atoms with Crippen LogP contribution in [0.3, 0.4) is 0 Å². The lowest BCUT2D eigenvalue weighted by Gasteiger charge is -2.12. The van der Waals surface area contributed by atoms with E-state index in [1.807, 2.05) is 17.8 Å². The summed E-state index contributed by atoms with van der Waals surface area (Å²) < 4.78 is 27.7. The van der Waals surface area contributed by atoms with E-state index in [1.165, 1.54) is 6.07 Å². The lowest BCUT2D eigenvalue weighted by atomic mass is 10.0. The summed E-state index contributed by atoms with van der Waals surface area (Å²) in [5, 5.41) is 0. The molecule has 0 spiro atoms. The third-order valence-corrected chi connectivity index (χ3v) is 2.70. The predicted octanol–water partition coefficient (Wildman–Crippen LogP) is 1.94. The van der Waals surface area contributed by atoms with Crippen molar-refractivity contribution in [1.29, 1.82) is 0 Å². The van der Waals surface area contributed by atoms with Crippen LogP contribution in [0.15, 0.2) is 30.6 Å². The molecule has 2 N–H and O–H groups in total. The molecule has 1 aromatic heterocycles. The maximum absolute atomic E-state index is 13.0. The van der Waals surface area contributed by atoms with Crippen molar-refractivity contribution in [2.45, 2.75) is 12.5 Å². The van der Waals surface area contributed by atoms with Crippen LogP contribution < -0.4 is 5.73 Å². The zero-order chi connectivity index (χ0) is 12.4. The van der Waals surface area contributed by atoms with Crippen molar-refractivity contribution in [2.24, 2.45) is 12.8 Å². The first-order valence-electron chi connectivity index (χ1n) is 5.24. The number of nitrogens with two attached hydrogens (primary N) is 1. The summed E-state index contributed by atoms with van der Waals surface area (Å²) in [6.45, 7) is 0. The molecule has 3 nitrogen and oxygen atoms in total. The van der Waals surface area contributed by atoms with Crippen molar-refractivity contribution < 1.29 is 8.78 Å². The minimum Gasteiger partial charge on any atom is -0.338 e. The highest BCUT2D eigenvalue weighted by atomic mass is 19.2.